The predicted octanol–water partition coefficient (Wildman–Crippen LogP) is 7.64. The highest BCUT2D eigenvalue weighted by Crippen LogP contribution is 2.30. The van der Waals surface area contributed by atoms with Crippen LogP contribution in [0.1, 0.15) is 22.5 Å². The van der Waals surface area contributed by atoms with Crippen LogP contribution in [0.3, 0.4) is 0 Å². The van der Waals surface area contributed by atoms with Crippen LogP contribution in [0.4, 0.5) is 28.4 Å². The van der Waals surface area contributed by atoms with E-state index in [0.717, 1.165) is 51.9 Å². The van der Waals surface area contributed by atoms with Crippen molar-refractivity contribution in [1.29, 1.82) is 0 Å². The molecule has 1 aliphatic heterocycles. The molecule has 2 heterocycles. The van der Waals surface area contributed by atoms with E-state index in [-0.39, 0.29) is 35.8 Å². The first-order valence-electron chi connectivity index (χ1n) is 15.2. The van der Waals surface area contributed by atoms with Crippen LogP contribution in [0, 0.1) is 0 Å². The van der Waals surface area contributed by atoms with Gasteiger partial charge in [-0.25, -0.2) is 9.78 Å². The number of nitrogens with zero attached hydrogens (tertiary/aromatic N) is 2. The van der Waals surface area contributed by atoms with Gasteiger partial charge in [-0.2, -0.15) is 13.2 Å². The molecular formula is C35H31ClF3N5O5S. The summed E-state index contributed by atoms with van der Waals surface area (Å²) in [6.45, 7) is 0.563. The summed E-state index contributed by atoms with van der Waals surface area (Å²) in [4.78, 5) is 40.1. The molecule has 0 aliphatic carbocycles. The largest absolute Gasteiger partial charge is 0.486 e. The van der Waals surface area contributed by atoms with Crippen molar-refractivity contribution in [1.82, 2.24) is 20.2 Å². The summed E-state index contributed by atoms with van der Waals surface area (Å²) >= 11 is 1.01. The minimum Gasteiger partial charge on any atom is -0.486 e. The standard InChI is InChI=1S/C35H30F3N5O5S.ClH/c1-43-29-19-27(14-15-28(29)41-31(43)20-47-25-10-4-22(5-11-25)18-30-32(44)42-34(46)49-30)48-26-12-2-21(3-13-26)16-17-39-33(45)40-24-8-6-23(7-9-24)35(36,37)38;/h2-15,19,30H,16-18,20H2,1H3,(H2,39,40,45)(H,42,44,46);1H. The second-order valence-electron chi connectivity index (χ2n) is 11.2. The van der Waals surface area contributed by atoms with Crippen LogP contribution in [0.2, 0.25) is 0 Å². The molecule has 0 spiro atoms. The first-order chi connectivity index (χ1) is 23.5. The van der Waals surface area contributed by atoms with E-state index in [1.54, 1.807) is 0 Å². The Labute approximate surface area is 295 Å². The maximum Gasteiger partial charge on any atom is 0.416 e. The molecule has 4 aromatic carbocycles. The van der Waals surface area contributed by atoms with Gasteiger partial charge in [-0.3, -0.25) is 14.9 Å². The van der Waals surface area contributed by atoms with Crippen molar-refractivity contribution in [2.75, 3.05) is 11.9 Å². The van der Waals surface area contributed by atoms with E-state index in [9.17, 15) is 27.6 Å². The number of aryl methyl sites for hydroxylation is 1. The lowest BCUT2D eigenvalue weighted by Gasteiger charge is -2.10. The number of fused-ring (bicyclic) bond motifs is 1. The Balaban J connectivity index is 0.00000486. The van der Waals surface area contributed by atoms with Crippen molar-refractivity contribution in [2.24, 2.45) is 7.05 Å². The third-order valence-corrected chi connectivity index (χ3v) is 8.73. The number of urea groups is 1. The first kappa shape index (κ1) is 36.1. The van der Waals surface area contributed by atoms with Gasteiger partial charge in [0.2, 0.25) is 5.91 Å². The van der Waals surface area contributed by atoms with Gasteiger partial charge in [-0.1, -0.05) is 36.0 Å². The molecule has 6 rings (SSSR count). The molecular weight excluding hydrogens is 695 g/mol. The molecule has 1 aromatic heterocycles. The minimum absolute atomic E-state index is 0. The lowest BCUT2D eigenvalue weighted by molar-refractivity contribution is -0.137. The molecule has 1 saturated heterocycles. The van der Waals surface area contributed by atoms with Gasteiger partial charge in [0.1, 0.15) is 29.7 Å². The maximum absolute atomic E-state index is 12.7. The highest BCUT2D eigenvalue weighted by Gasteiger charge is 2.31. The van der Waals surface area contributed by atoms with Gasteiger partial charge in [0.05, 0.1) is 21.8 Å². The number of hydrogen-bond donors (Lipinski definition) is 3. The summed E-state index contributed by atoms with van der Waals surface area (Å²) < 4.78 is 52.1. The smallest absolute Gasteiger partial charge is 0.416 e. The normalized spacial score (nSPS) is 14.2. The number of amides is 4. The zero-order valence-electron chi connectivity index (χ0n) is 26.5. The first-order valence-corrected chi connectivity index (χ1v) is 16.1. The highest BCUT2D eigenvalue weighted by atomic mass is 35.5. The Morgan fingerprint density at radius 1 is 0.920 bits per heavy atom. The number of anilines is 1. The SMILES string of the molecule is Cl.Cn1c(COc2ccc(CC3SC(=O)NC3=O)cc2)nc2ccc(Oc3ccc(CCNC(=O)Nc4ccc(C(F)(F)F)cc4)cc3)cc21. The molecule has 1 unspecified atom stereocenters. The molecule has 15 heteroatoms. The number of imidazole rings is 1. The molecule has 4 amide bonds. The van der Waals surface area contributed by atoms with Crippen molar-refractivity contribution in [3.05, 3.63) is 114 Å². The van der Waals surface area contributed by atoms with Crippen LogP contribution in [0.15, 0.2) is 91.0 Å². The summed E-state index contributed by atoms with van der Waals surface area (Å²) in [6, 6.07) is 24.2. The number of thioether (sulfide) groups is 1. The zero-order valence-corrected chi connectivity index (χ0v) is 28.1. The Morgan fingerprint density at radius 3 is 2.24 bits per heavy atom. The fourth-order valence-electron chi connectivity index (χ4n) is 5.12. The predicted molar refractivity (Wildman–Crippen MR) is 186 cm³/mol. The third kappa shape index (κ3) is 9.07. The number of halogens is 4. The van der Waals surface area contributed by atoms with Crippen LogP contribution in [0.5, 0.6) is 17.2 Å². The van der Waals surface area contributed by atoms with Crippen LogP contribution in [-0.4, -0.2) is 38.5 Å². The highest BCUT2D eigenvalue weighted by molar-refractivity contribution is 8.15. The van der Waals surface area contributed by atoms with E-state index < -0.39 is 23.0 Å². The zero-order chi connectivity index (χ0) is 34.5. The van der Waals surface area contributed by atoms with Gasteiger partial charge >= 0.3 is 12.2 Å². The number of benzene rings is 4. The summed E-state index contributed by atoms with van der Waals surface area (Å²) in [5.41, 5.74) is 3.02. The van der Waals surface area contributed by atoms with Crippen LogP contribution in [-0.2, 0) is 37.5 Å². The Morgan fingerprint density at radius 2 is 1.58 bits per heavy atom. The monoisotopic (exact) mass is 725 g/mol. The van der Waals surface area contributed by atoms with Crippen molar-refractivity contribution in [3.8, 4) is 17.2 Å². The topological polar surface area (TPSA) is 124 Å². The number of carbonyl (C=O) groups excluding carboxylic acids is 3. The van der Waals surface area contributed by atoms with Gasteiger partial charge in [-0.15, -0.1) is 12.4 Å². The van der Waals surface area contributed by atoms with Gasteiger partial charge in [-0.05, 0) is 84.6 Å². The second-order valence-corrected chi connectivity index (χ2v) is 12.4. The fourth-order valence-corrected chi connectivity index (χ4v) is 5.98. The van der Waals surface area contributed by atoms with E-state index in [4.69, 9.17) is 14.5 Å². The molecule has 0 bridgehead atoms. The molecule has 0 radical (unpaired) electrons. The summed E-state index contributed by atoms with van der Waals surface area (Å²) in [7, 11) is 1.90. The molecule has 1 atom stereocenters. The lowest BCUT2D eigenvalue weighted by atomic mass is 10.1. The number of imide groups is 1. The number of ether oxygens (including phenoxy) is 2. The molecule has 50 heavy (non-hydrogen) atoms. The molecule has 10 nitrogen and oxygen atoms in total. The van der Waals surface area contributed by atoms with E-state index in [1.807, 2.05) is 78.3 Å². The van der Waals surface area contributed by atoms with Gasteiger partial charge in [0, 0.05) is 25.3 Å². The molecule has 1 fully saturated rings. The van der Waals surface area contributed by atoms with Crippen molar-refractivity contribution >= 4 is 58.1 Å². The average molecular weight is 726 g/mol. The average Bonchev–Trinajstić information content (AvgIpc) is 3.56. The number of rotatable bonds is 11. The Kier molecular flexibility index (Phi) is 11.2. The third-order valence-electron chi connectivity index (χ3n) is 7.75. The van der Waals surface area contributed by atoms with Crippen molar-refractivity contribution < 1.29 is 37.0 Å². The fraction of sp³-hybridized carbons (Fsp3) is 0.200. The minimum atomic E-state index is -4.44. The van der Waals surface area contributed by atoms with Crippen LogP contribution in [0.25, 0.3) is 11.0 Å². The van der Waals surface area contributed by atoms with E-state index in [1.165, 1.54) is 12.1 Å². The number of aromatic nitrogens is 2. The molecule has 0 saturated carbocycles. The van der Waals surface area contributed by atoms with Crippen molar-refractivity contribution in [2.45, 2.75) is 30.9 Å². The van der Waals surface area contributed by atoms with Gasteiger partial charge < -0.3 is 24.7 Å². The molecule has 260 valence electrons. The van der Waals surface area contributed by atoms with E-state index in [2.05, 4.69) is 16.0 Å². The number of hydrogen-bond acceptors (Lipinski definition) is 7. The summed E-state index contributed by atoms with van der Waals surface area (Å²) in [6.07, 6.45) is -3.44. The lowest BCUT2D eigenvalue weighted by Crippen LogP contribution is -2.30. The number of carbonyl (C=O) groups is 3. The Hall–Kier alpha value is -5.21. The number of alkyl halides is 3. The summed E-state index contributed by atoms with van der Waals surface area (Å²) in [5.74, 6) is 2.37. The van der Waals surface area contributed by atoms with Gasteiger partial charge in [0.25, 0.3) is 5.24 Å². The summed E-state index contributed by atoms with van der Waals surface area (Å²) in [5, 5.41) is 6.78. The quantitative estimate of drug-likeness (QED) is 0.128. The molecule has 1 aliphatic rings. The number of nitrogens with one attached hydrogen (secondary N) is 3. The Bertz CT molecular complexity index is 1990. The van der Waals surface area contributed by atoms with Crippen LogP contribution < -0.4 is 25.4 Å². The van der Waals surface area contributed by atoms with Crippen LogP contribution >= 0.6 is 24.2 Å². The van der Waals surface area contributed by atoms with Gasteiger partial charge in [0.15, 0.2) is 0 Å². The maximum atomic E-state index is 12.7. The van der Waals surface area contributed by atoms with Crippen molar-refractivity contribution in [3.63, 3.8) is 0 Å². The molecule has 5 aromatic rings. The second kappa shape index (κ2) is 15.6. The molecule has 3 N–H and O–H groups in total. The van der Waals surface area contributed by atoms with E-state index in [0.29, 0.717) is 36.6 Å². The van der Waals surface area contributed by atoms with E-state index >= 15 is 0 Å².